The minimum atomic E-state index is 0.0334. The van der Waals surface area contributed by atoms with E-state index in [0.29, 0.717) is 10.6 Å². The van der Waals surface area contributed by atoms with Gasteiger partial charge >= 0.3 is 0 Å². The van der Waals surface area contributed by atoms with Crippen LogP contribution in [0.5, 0.6) is 0 Å². The van der Waals surface area contributed by atoms with Gasteiger partial charge in [0.2, 0.25) is 5.78 Å². The number of thiazole rings is 1. The zero-order chi connectivity index (χ0) is 11.9. The van der Waals surface area contributed by atoms with Crippen molar-refractivity contribution in [1.29, 1.82) is 0 Å². The minimum absolute atomic E-state index is 0.0334. The zero-order valence-electron chi connectivity index (χ0n) is 9.64. The molecule has 3 heteroatoms. The van der Waals surface area contributed by atoms with Crippen molar-refractivity contribution in [1.82, 2.24) is 4.98 Å². The van der Waals surface area contributed by atoms with Crippen molar-refractivity contribution in [3.8, 4) is 0 Å². The molecule has 0 unspecified atom stereocenters. The van der Waals surface area contributed by atoms with Gasteiger partial charge in [-0.3, -0.25) is 4.79 Å². The number of nitrogens with zero attached hydrogens (tertiary/aromatic N) is 1. The highest BCUT2D eigenvalue weighted by Crippen LogP contribution is 2.47. The van der Waals surface area contributed by atoms with E-state index in [4.69, 9.17) is 0 Å². The van der Waals surface area contributed by atoms with Crippen molar-refractivity contribution < 1.29 is 4.79 Å². The molecule has 1 aliphatic rings. The Morgan fingerprint density at radius 3 is 2.65 bits per heavy atom. The van der Waals surface area contributed by atoms with Crippen LogP contribution in [-0.4, -0.2) is 10.8 Å². The Bertz CT molecular complexity index is 555. The Hall–Kier alpha value is -1.48. The summed E-state index contributed by atoms with van der Waals surface area (Å²) in [5, 5.41) is 2.64. The summed E-state index contributed by atoms with van der Waals surface area (Å²) in [6.07, 6.45) is 2.38. The van der Waals surface area contributed by atoms with Crippen LogP contribution in [0.25, 0.3) is 0 Å². The molecule has 2 nitrogen and oxygen atoms in total. The SMILES string of the molecule is CC1(c2csc(C(=O)c3ccccc3)n2)CC1. The molecule has 0 N–H and O–H groups in total. The van der Waals surface area contributed by atoms with Crippen molar-refractivity contribution >= 4 is 17.1 Å². The highest BCUT2D eigenvalue weighted by Gasteiger charge is 2.41. The molecule has 86 valence electrons. The third-order valence-corrected chi connectivity index (χ3v) is 4.19. The fraction of sp³-hybridized carbons (Fsp3) is 0.286. The lowest BCUT2D eigenvalue weighted by atomic mass is 10.1. The smallest absolute Gasteiger partial charge is 0.221 e. The maximum atomic E-state index is 12.2. The number of rotatable bonds is 3. The van der Waals surface area contributed by atoms with Gasteiger partial charge in [0.1, 0.15) is 0 Å². The van der Waals surface area contributed by atoms with Gasteiger partial charge in [-0.15, -0.1) is 11.3 Å². The van der Waals surface area contributed by atoms with Crippen LogP contribution >= 0.6 is 11.3 Å². The summed E-state index contributed by atoms with van der Waals surface area (Å²) in [6, 6.07) is 9.34. The van der Waals surface area contributed by atoms with Crippen LogP contribution in [-0.2, 0) is 5.41 Å². The van der Waals surface area contributed by atoms with E-state index in [1.807, 2.05) is 35.7 Å². The second-order valence-corrected chi connectivity index (χ2v) is 5.65. The van der Waals surface area contributed by atoms with Gasteiger partial charge in [0.05, 0.1) is 5.69 Å². The Kier molecular flexibility index (Phi) is 2.37. The summed E-state index contributed by atoms with van der Waals surface area (Å²) in [7, 11) is 0. The molecular weight excluding hydrogens is 230 g/mol. The Labute approximate surface area is 104 Å². The van der Waals surface area contributed by atoms with E-state index >= 15 is 0 Å². The molecule has 3 rings (SSSR count). The third-order valence-electron chi connectivity index (χ3n) is 3.35. The molecule has 0 aliphatic heterocycles. The van der Waals surface area contributed by atoms with Crippen molar-refractivity contribution in [3.63, 3.8) is 0 Å². The summed E-state index contributed by atoms with van der Waals surface area (Å²) >= 11 is 1.46. The average molecular weight is 243 g/mol. The lowest BCUT2D eigenvalue weighted by molar-refractivity contribution is 0.103. The topological polar surface area (TPSA) is 30.0 Å². The Balaban J connectivity index is 1.90. The fourth-order valence-electron chi connectivity index (χ4n) is 1.81. The maximum Gasteiger partial charge on any atom is 0.221 e. The van der Waals surface area contributed by atoms with Crippen molar-refractivity contribution in [2.45, 2.75) is 25.2 Å². The Morgan fingerprint density at radius 2 is 2.00 bits per heavy atom. The van der Waals surface area contributed by atoms with Gasteiger partial charge in [-0.1, -0.05) is 37.3 Å². The molecule has 0 saturated heterocycles. The largest absolute Gasteiger partial charge is 0.286 e. The summed E-state index contributed by atoms with van der Waals surface area (Å²) in [6.45, 7) is 2.21. The van der Waals surface area contributed by atoms with Crippen molar-refractivity contribution in [2.75, 3.05) is 0 Å². The summed E-state index contributed by atoms with van der Waals surface area (Å²) < 4.78 is 0. The molecule has 1 saturated carbocycles. The number of hydrogen-bond donors (Lipinski definition) is 0. The number of carbonyl (C=O) groups is 1. The molecular formula is C14H13NOS. The molecule has 0 atom stereocenters. The molecule has 2 aromatic rings. The third kappa shape index (κ3) is 1.91. The lowest BCUT2D eigenvalue weighted by Gasteiger charge is -2.01. The van der Waals surface area contributed by atoms with E-state index < -0.39 is 0 Å². The van der Waals surface area contributed by atoms with Crippen LogP contribution in [0.2, 0.25) is 0 Å². The average Bonchev–Trinajstić information content (AvgIpc) is 2.94. The number of benzene rings is 1. The number of hydrogen-bond acceptors (Lipinski definition) is 3. The van der Waals surface area contributed by atoms with Gasteiger partial charge in [-0.25, -0.2) is 4.98 Å². The van der Waals surface area contributed by atoms with Crippen LogP contribution in [0.4, 0.5) is 0 Å². The molecule has 0 amide bonds. The first-order valence-electron chi connectivity index (χ1n) is 5.75. The van der Waals surface area contributed by atoms with E-state index in [0.717, 1.165) is 5.69 Å². The monoisotopic (exact) mass is 243 g/mol. The van der Waals surface area contributed by atoms with Crippen molar-refractivity contribution in [3.05, 3.63) is 52.0 Å². The van der Waals surface area contributed by atoms with Crippen molar-refractivity contribution in [2.24, 2.45) is 0 Å². The first-order valence-corrected chi connectivity index (χ1v) is 6.63. The molecule has 17 heavy (non-hydrogen) atoms. The van der Waals surface area contributed by atoms with E-state index in [2.05, 4.69) is 11.9 Å². The first kappa shape index (κ1) is 10.7. The summed E-state index contributed by atoms with van der Waals surface area (Å²) in [5.41, 5.74) is 2.04. The van der Waals surface area contributed by atoms with Crippen LogP contribution < -0.4 is 0 Å². The van der Waals surface area contributed by atoms with E-state index in [1.54, 1.807) is 0 Å². The normalized spacial score (nSPS) is 16.8. The molecule has 1 fully saturated rings. The van der Waals surface area contributed by atoms with Crippen LogP contribution in [0.15, 0.2) is 35.7 Å². The molecule has 0 spiro atoms. The zero-order valence-corrected chi connectivity index (χ0v) is 10.5. The summed E-state index contributed by atoms with van der Waals surface area (Å²) in [4.78, 5) is 16.6. The molecule has 1 aromatic heterocycles. The first-order chi connectivity index (χ1) is 8.19. The molecule has 1 heterocycles. The predicted molar refractivity (Wildman–Crippen MR) is 68.6 cm³/mol. The van der Waals surface area contributed by atoms with Gasteiger partial charge in [0.25, 0.3) is 0 Å². The number of carbonyl (C=O) groups excluding carboxylic acids is 1. The fourth-order valence-corrected chi connectivity index (χ4v) is 2.75. The van der Waals surface area contributed by atoms with Crippen LogP contribution in [0.1, 0.15) is 40.8 Å². The van der Waals surface area contributed by atoms with Gasteiger partial charge in [-0.2, -0.15) is 0 Å². The van der Waals surface area contributed by atoms with E-state index in [9.17, 15) is 4.79 Å². The molecule has 1 aromatic carbocycles. The minimum Gasteiger partial charge on any atom is -0.286 e. The number of ketones is 1. The molecule has 1 aliphatic carbocycles. The molecule has 0 bridgehead atoms. The second kappa shape index (κ2) is 3.77. The van der Waals surface area contributed by atoms with Gasteiger partial charge in [-0.05, 0) is 12.8 Å². The van der Waals surface area contributed by atoms with Gasteiger partial charge < -0.3 is 0 Å². The maximum absolute atomic E-state index is 12.2. The highest BCUT2D eigenvalue weighted by atomic mass is 32.1. The lowest BCUT2D eigenvalue weighted by Crippen LogP contribution is -2.04. The van der Waals surface area contributed by atoms with Gasteiger partial charge in [0, 0.05) is 16.4 Å². The second-order valence-electron chi connectivity index (χ2n) is 4.79. The predicted octanol–water partition coefficient (Wildman–Crippen LogP) is 3.43. The van der Waals surface area contributed by atoms with E-state index in [1.165, 1.54) is 24.2 Å². The van der Waals surface area contributed by atoms with Crippen LogP contribution in [0.3, 0.4) is 0 Å². The van der Waals surface area contributed by atoms with Crippen LogP contribution in [0, 0.1) is 0 Å². The molecule has 0 radical (unpaired) electrons. The highest BCUT2D eigenvalue weighted by molar-refractivity contribution is 7.12. The van der Waals surface area contributed by atoms with E-state index in [-0.39, 0.29) is 11.2 Å². The van der Waals surface area contributed by atoms with Gasteiger partial charge in [0.15, 0.2) is 5.01 Å². The standard InChI is InChI=1S/C14H13NOS/c1-14(7-8-14)11-9-17-13(15-11)12(16)10-5-3-2-4-6-10/h2-6,9H,7-8H2,1H3. The Morgan fingerprint density at radius 1 is 1.29 bits per heavy atom. The quantitative estimate of drug-likeness (QED) is 0.773. The number of aromatic nitrogens is 1. The summed E-state index contributed by atoms with van der Waals surface area (Å²) in [5.74, 6) is 0.0334.